The van der Waals surface area contributed by atoms with Crippen molar-refractivity contribution in [2.24, 2.45) is 0 Å². The van der Waals surface area contributed by atoms with E-state index >= 15 is 0 Å². The molecule has 1 aliphatic heterocycles. The van der Waals surface area contributed by atoms with E-state index in [0.29, 0.717) is 31.9 Å². The fraction of sp³-hybridized carbons (Fsp3) is 0.435. The van der Waals surface area contributed by atoms with Gasteiger partial charge in [-0.3, -0.25) is 9.69 Å². The van der Waals surface area contributed by atoms with E-state index in [1.165, 1.54) is 6.07 Å². The van der Waals surface area contributed by atoms with E-state index in [4.69, 9.17) is 14.2 Å². The van der Waals surface area contributed by atoms with Crippen LogP contribution in [0.3, 0.4) is 0 Å². The van der Waals surface area contributed by atoms with Crippen LogP contribution in [0.1, 0.15) is 38.9 Å². The third kappa shape index (κ3) is 6.54. The van der Waals surface area contributed by atoms with Crippen molar-refractivity contribution in [3.8, 4) is 11.5 Å². The average molecular weight is 401 g/mol. The molecule has 0 amide bonds. The van der Waals surface area contributed by atoms with Crippen LogP contribution >= 0.6 is 0 Å². The summed E-state index contributed by atoms with van der Waals surface area (Å²) < 4.78 is 30.6. The Morgan fingerprint density at radius 3 is 2.59 bits per heavy atom. The summed E-state index contributed by atoms with van der Waals surface area (Å²) in [7, 11) is 0. The second-order valence-electron chi connectivity index (χ2n) is 8.10. The SMILES string of the molecule is CC(C)(C)OC(=O)CCN1CCOC(c2ccc(Oc3ccccc3F)cc2)C1. The first kappa shape index (κ1) is 21.3. The minimum atomic E-state index is -0.461. The fourth-order valence-corrected chi connectivity index (χ4v) is 3.15. The summed E-state index contributed by atoms with van der Waals surface area (Å²) in [5.41, 5.74) is 0.560. The first-order chi connectivity index (χ1) is 13.8. The van der Waals surface area contributed by atoms with E-state index in [1.54, 1.807) is 18.2 Å². The maximum atomic E-state index is 13.7. The number of benzene rings is 2. The molecule has 1 heterocycles. The number of morpholine rings is 1. The van der Waals surface area contributed by atoms with Gasteiger partial charge in [-0.05, 0) is 50.6 Å². The summed E-state index contributed by atoms with van der Waals surface area (Å²) >= 11 is 0. The molecule has 2 aromatic rings. The van der Waals surface area contributed by atoms with Gasteiger partial charge in [0.15, 0.2) is 11.6 Å². The highest BCUT2D eigenvalue weighted by atomic mass is 19.1. The summed E-state index contributed by atoms with van der Waals surface area (Å²) in [5.74, 6) is 0.182. The van der Waals surface area contributed by atoms with E-state index in [2.05, 4.69) is 4.90 Å². The van der Waals surface area contributed by atoms with Crippen LogP contribution in [0.4, 0.5) is 4.39 Å². The number of para-hydroxylation sites is 1. The topological polar surface area (TPSA) is 48.0 Å². The van der Waals surface area contributed by atoms with Crippen molar-refractivity contribution in [2.45, 2.75) is 38.9 Å². The first-order valence-electron chi connectivity index (χ1n) is 9.88. The lowest BCUT2D eigenvalue weighted by Gasteiger charge is -2.33. The molecule has 0 spiro atoms. The van der Waals surface area contributed by atoms with Gasteiger partial charge in [0.05, 0.1) is 19.1 Å². The van der Waals surface area contributed by atoms with Gasteiger partial charge in [0.1, 0.15) is 11.4 Å². The Morgan fingerprint density at radius 2 is 1.90 bits per heavy atom. The number of hydrogen-bond acceptors (Lipinski definition) is 5. The fourth-order valence-electron chi connectivity index (χ4n) is 3.15. The van der Waals surface area contributed by atoms with Crippen molar-refractivity contribution < 1.29 is 23.4 Å². The zero-order chi connectivity index (χ0) is 20.9. The van der Waals surface area contributed by atoms with Gasteiger partial charge in [0.2, 0.25) is 0 Å². The highest BCUT2D eigenvalue weighted by Crippen LogP contribution is 2.28. The summed E-state index contributed by atoms with van der Waals surface area (Å²) in [6.07, 6.45) is 0.282. The van der Waals surface area contributed by atoms with Crippen molar-refractivity contribution in [1.29, 1.82) is 0 Å². The van der Waals surface area contributed by atoms with Crippen molar-refractivity contribution >= 4 is 5.97 Å². The number of rotatable bonds is 6. The maximum Gasteiger partial charge on any atom is 0.307 e. The number of carbonyl (C=O) groups is 1. The molecule has 29 heavy (non-hydrogen) atoms. The van der Waals surface area contributed by atoms with Gasteiger partial charge in [-0.15, -0.1) is 0 Å². The van der Waals surface area contributed by atoms with Crippen LogP contribution in [0.5, 0.6) is 11.5 Å². The number of nitrogens with zero attached hydrogens (tertiary/aromatic N) is 1. The van der Waals surface area contributed by atoms with Crippen molar-refractivity contribution in [2.75, 3.05) is 26.2 Å². The standard InChI is InChI=1S/C23H28FNO4/c1-23(2,3)29-22(26)12-13-25-14-15-27-21(16-25)17-8-10-18(11-9-17)28-20-7-5-4-6-19(20)24/h4-11,21H,12-16H2,1-3H3. The Labute approximate surface area is 171 Å². The normalized spacial score (nSPS) is 17.7. The number of esters is 1. The van der Waals surface area contributed by atoms with Gasteiger partial charge in [0.25, 0.3) is 0 Å². The van der Waals surface area contributed by atoms with Crippen molar-refractivity contribution in [1.82, 2.24) is 4.90 Å². The molecule has 3 rings (SSSR count). The molecule has 0 aromatic heterocycles. The quantitative estimate of drug-likeness (QED) is 0.656. The van der Waals surface area contributed by atoms with Gasteiger partial charge in [-0.25, -0.2) is 4.39 Å². The second-order valence-corrected chi connectivity index (χ2v) is 8.10. The Kier molecular flexibility index (Phi) is 6.87. The molecule has 1 unspecified atom stereocenters. The van der Waals surface area contributed by atoms with E-state index in [1.807, 2.05) is 45.0 Å². The molecular formula is C23H28FNO4. The molecule has 156 valence electrons. The molecule has 0 radical (unpaired) electrons. The van der Waals surface area contributed by atoms with Gasteiger partial charge in [-0.1, -0.05) is 24.3 Å². The van der Waals surface area contributed by atoms with Crippen molar-refractivity contribution in [3.63, 3.8) is 0 Å². The van der Waals surface area contributed by atoms with Crippen LogP contribution in [0, 0.1) is 5.82 Å². The average Bonchev–Trinajstić information content (AvgIpc) is 2.68. The predicted octanol–water partition coefficient (Wildman–Crippen LogP) is 4.72. The molecule has 5 nitrogen and oxygen atoms in total. The molecule has 1 saturated heterocycles. The van der Waals surface area contributed by atoms with E-state index in [9.17, 15) is 9.18 Å². The molecule has 6 heteroatoms. The van der Waals surface area contributed by atoms with E-state index in [-0.39, 0.29) is 17.8 Å². The largest absolute Gasteiger partial charge is 0.460 e. The summed E-state index contributed by atoms with van der Waals surface area (Å²) in [6.45, 7) is 8.35. The van der Waals surface area contributed by atoms with Crippen LogP contribution < -0.4 is 4.74 Å². The molecule has 0 N–H and O–H groups in total. The lowest BCUT2D eigenvalue weighted by Crippen LogP contribution is -2.39. The smallest absolute Gasteiger partial charge is 0.307 e. The summed E-state index contributed by atoms with van der Waals surface area (Å²) in [5, 5.41) is 0. The number of halogens is 1. The van der Waals surface area contributed by atoms with Gasteiger partial charge < -0.3 is 14.2 Å². The Morgan fingerprint density at radius 1 is 1.17 bits per heavy atom. The molecule has 0 aliphatic carbocycles. The molecule has 1 fully saturated rings. The third-order valence-electron chi connectivity index (χ3n) is 4.52. The van der Waals surface area contributed by atoms with Gasteiger partial charge >= 0.3 is 5.97 Å². The van der Waals surface area contributed by atoms with Crippen LogP contribution in [0.25, 0.3) is 0 Å². The maximum absolute atomic E-state index is 13.7. The second kappa shape index (κ2) is 9.37. The number of ether oxygens (including phenoxy) is 3. The van der Waals surface area contributed by atoms with Crippen LogP contribution in [-0.2, 0) is 14.3 Å². The highest BCUT2D eigenvalue weighted by molar-refractivity contribution is 5.70. The predicted molar refractivity (Wildman–Crippen MR) is 109 cm³/mol. The lowest BCUT2D eigenvalue weighted by molar-refractivity contribution is -0.155. The Bertz CT molecular complexity index is 816. The Balaban J connectivity index is 1.54. The minimum absolute atomic E-state index is 0.0788. The van der Waals surface area contributed by atoms with Crippen LogP contribution in [-0.4, -0.2) is 42.7 Å². The molecule has 0 bridgehead atoms. The molecular weight excluding hydrogens is 373 g/mol. The number of hydrogen-bond donors (Lipinski definition) is 0. The number of carbonyl (C=O) groups excluding carboxylic acids is 1. The highest BCUT2D eigenvalue weighted by Gasteiger charge is 2.23. The van der Waals surface area contributed by atoms with Crippen molar-refractivity contribution in [3.05, 3.63) is 59.9 Å². The summed E-state index contributed by atoms with van der Waals surface area (Å²) in [4.78, 5) is 14.2. The molecule has 1 atom stereocenters. The van der Waals surface area contributed by atoms with Gasteiger partial charge in [0, 0.05) is 19.6 Å². The molecule has 1 aliphatic rings. The van der Waals surface area contributed by atoms with Crippen LogP contribution in [0.15, 0.2) is 48.5 Å². The third-order valence-corrected chi connectivity index (χ3v) is 4.52. The first-order valence-corrected chi connectivity index (χ1v) is 9.88. The lowest BCUT2D eigenvalue weighted by atomic mass is 10.1. The Hall–Kier alpha value is -2.44. The zero-order valence-corrected chi connectivity index (χ0v) is 17.2. The molecule has 2 aromatic carbocycles. The van der Waals surface area contributed by atoms with Crippen LogP contribution in [0.2, 0.25) is 0 Å². The van der Waals surface area contributed by atoms with E-state index < -0.39 is 11.4 Å². The van der Waals surface area contributed by atoms with E-state index in [0.717, 1.165) is 12.1 Å². The zero-order valence-electron chi connectivity index (χ0n) is 17.2. The minimum Gasteiger partial charge on any atom is -0.460 e. The molecule has 0 saturated carbocycles. The summed E-state index contributed by atoms with van der Waals surface area (Å²) in [6, 6.07) is 13.8. The monoisotopic (exact) mass is 401 g/mol. The van der Waals surface area contributed by atoms with Gasteiger partial charge in [-0.2, -0.15) is 0 Å².